The van der Waals surface area contributed by atoms with Crippen molar-refractivity contribution in [2.75, 3.05) is 25.0 Å². The van der Waals surface area contributed by atoms with Crippen molar-refractivity contribution < 1.29 is 4.79 Å². The smallest absolute Gasteiger partial charge is 0.240 e. The predicted molar refractivity (Wildman–Crippen MR) is 93.4 cm³/mol. The number of benzene rings is 2. The van der Waals surface area contributed by atoms with Crippen LogP contribution in [0.3, 0.4) is 0 Å². The molecule has 118 valence electrons. The van der Waals surface area contributed by atoms with Gasteiger partial charge in [0.05, 0.1) is 22.6 Å². The maximum atomic E-state index is 12.5. The Hall–Kier alpha value is -1.55. The Labute approximate surface area is 145 Å². The number of rotatable bonds is 0. The lowest BCUT2D eigenvalue weighted by atomic mass is 9.87. The summed E-state index contributed by atoms with van der Waals surface area (Å²) in [7, 11) is 1.84. The van der Waals surface area contributed by atoms with Crippen LogP contribution >= 0.6 is 23.2 Å². The van der Waals surface area contributed by atoms with Crippen LogP contribution in [0.25, 0.3) is 0 Å². The summed E-state index contributed by atoms with van der Waals surface area (Å²) in [5.74, 6) is 0.114. The van der Waals surface area contributed by atoms with Crippen molar-refractivity contribution >= 4 is 34.8 Å². The summed E-state index contributed by atoms with van der Waals surface area (Å²) in [6, 6.07) is 12.1. The molecule has 1 unspecified atom stereocenters. The van der Waals surface area contributed by atoms with Crippen LogP contribution in [0, 0.1) is 0 Å². The second-order valence-electron chi connectivity index (χ2n) is 6.10. The van der Waals surface area contributed by atoms with E-state index in [-0.39, 0.29) is 11.9 Å². The normalized spacial score (nSPS) is 20.6. The van der Waals surface area contributed by atoms with Gasteiger partial charge in [0.2, 0.25) is 5.91 Å². The van der Waals surface area contributed by atoms with Gasteiger partial charge in [0.25, 0.3) is 0 Å². The maximum Gasteiger partial charge on any atom is 0.240 e. The van der Waals surface area contributed by atoms with Gasteiger partial charge in [-0.3, -0.25) is 9.69 Å². The average Bonchev–Trinajstić information content (AvgIpc) is 2.65. The standard InChI is InChI=1S/C18H16Cl2N2O/c1-21-16-5-3-2-4-12(16)18-13-9-15(20)14(19)8-11(13)6-7-22(18)10-17(21)23/h2-5,8-9,18H,6-7,10H2,1H3. The summed E-state index contributed by atoms with van der Waals surface area (Å²) in [6.07, 6.45) is 0.877. The zero-order valence-corrected chi connectivity index (χ0v) is 14.2. The summed E-state index contributed by atoms with van der Waals surface area (Å²) in [5.41, 5.74) is 4.47. The SMILES string of the molecule is CN1C(=O)CN2CCc3cc(Cl)c(Cl)cc3C2c2ccccc21. The predicted octanol–water partition coefficient (Wildman–Crippen LogP) is 3.92. The molecule has 0 saturated carbocycles. The van der Waals surface area contributed by atoms with Crippen LogP contribution in [-0.4, -0.2) is 30.9 Å². The number of fused-ring (bicyclic) bond motifs is 5. The van der Waals surface area contributed by atoms with Gasteiger partial charge in [0, 0.05) is 19.3 Å². The number of nitrogens with zero attached hydrogens (tertiary/aromatic N) is 2. The van der Waals surface area contributed by atoms with Crippen LogP contribution in [-0.2, 0) is 11.2 Å². The van der Waals surface area contributed by atoms with Crippen molar-refractivity contribution in [3.05, 3.63) is 63.1 Å². The van der Waals surface area contributed by atoms with Crippen LogP contribution in [0.2, 0.25) is 10.0 Å². The topological polar surface area (TPSA) is 23.6 Å². The number of hydrogen-bond acceptors (Lipinski definition) is 2. The number of anilines is 1. The van der Waals surface area contributed by atoms with Gasteiger partial charge in [-0.05, 0) is 41.3 Å². The minimum absolute atomic E-state index is 0.0404. The van der Waals surface area contributed by atoms with E-state index in [1.165, 1.54) is 5.56 Å². The zero-order chi connectivity index (χ0) is 16.1. The zero-order valence-electron chi connectivity index (χ0n) is 12.7. The van der Waals surface area contributed by atoms with Crippen molar-refractivity contribution in [1.29, 1.82) is 0 Å². The lowest BCUT2D eigenvalue weighted by molar-refractivity contribution is -0.119. The fourth-order valence-electron chi connectivity index (χ4n) is 3.64. The van der Waals surface area contributed by atoms with E-state index in [0.717, 1.165) is 29.8 Å². The molecule has 2 aliphatic heterocycles. The van der Waals surface area contributed by atoms with Gasteiger partial charge in [0.1, 0.15) is 0 Å². The number of carbonyl (C=O) groups excluding carboxylic acids is 1. The molecule has 4 rings (SSSR count). The van der Waals surface area contributed by atoms with Crippen LogP contribution in [0.1, 0.15) is 22.7 Å². The number of halogens is 2. The number of hydrogen-bond donors (Lipinski definition) is 0. The van der Waals surface area contributed by atoms with Gasteiger partial charge in [0.15, 0.2) is 0 Å². The monoisotopic (exact) mass is 346 g/mol. The van der Waals surface area contributed by atoms with Crippen molar-refractivity contribution in [3.63, 3.8) is 0 Å². The molecule has 0 fully saturated rings. The van der Waals surface area contributed by atoms with E-state index in [0.29, 0.717) is 16.6 Å². The molecule has 2 aromatic rings. The molecule has 2 aromatic carbocycles. The first-order valence-corrected chi connectivity index (χ1v) is 8.39. The molecule has 0 aromatic heterocycles. The number of carbonyl (C=O) groups is 1. The molecule has 0 bridgehead atoms. The molecule has 0 saturated heterocycles. The number of para-hydroxylation sites is 1. The van der Waals surface area contributed by atoms with Gasteiger partial charge in [-0.15, -0.1) is 0 Å². The first kappa shape index (κ1) is 15.0. The van der Waals surface area contributed by atoms with E-state index in [1.807, 2.05) is 37.4 Å². The molecule has 0 radical (unpaired) electrons. The highest BCUT2D eigenvalue weighted by Gasteiger charge is 2.36. The summed E-state index contributed by atoms with van der Waals surface area (Å²) in [6.45, 7) is 1.25. The molecule has 0 aliphatic carbocycles. The molecule has 23 heavy (non-hydrogen) atoms. The fourth-order valence-corrected chi connectivity index (χ4v) is 4.00. The van der Waals surface area contributed by atoms with Crippen molar-refractivity contribution in [2.45, 2.75) is 12.5 Å². The summed E-state index contributed by atoms with van der Waals surface area (Å²) >= 11 is 12.5. The van der Waals surface area contributed by atoms with Gasteiger partial charge in [-0.1, -0.05) is 41.4 Å². The summed E-state index contributed by atoms with van der Waals surface area (Å²) in [5, 5.41) is 1.16. The molecule has 2 heterocycles. The first-order valence-electron chi connectivity index (χ1n) is 7.63. The van der Waals surface area contributed by atoms with Crippen molar-refractivity contribution in [2.24, 2.45) is 0 Å². The minimum atomic E-state index is 0.0404. The summed E-state index contributed by atoms with van der Waals surface area (Å²) < 4.78 is 0. The lowest BCUT2D eigenvalue weighted by Crippen LogP contribution is -2.40. The number of likely N-dealkylation sites (N-methyl/N-ethyl adjacent to an activating group) is 1. The summed E-state index contributed by atoms with van der Waals surface area (Å²) in [4.78, 5) is 16.5. The quantitative estimate of drug-likeness (QED) is 0.721. The van der Waals surface area contributed by atoms with Gasteiger partial charge < -0.3 is 4.90 Å². The third-order valence-corrected chi connectivity index (χ3v) is 5.54. The molecular weight excluding hydrogens is 331 g/mol. The van der Waals surface area contributed by atoms with E-state index >= 15 is 0 Å². The van der Waals surface area contributed by atoms with Gasteiger partial charge in [-0.25, -0.2) is 0 Å². The third kappa shape index (κ3) is 2.35. The highest BCUT2D eigenvalue weighted by Crippen LogP contribution is 2.43. The molecule has 1 atom stereocenters. The molecule has 0 N–H and O–H groups in total. The van der Waals surface area contributed by atoms with E-state index in [2.05, 4.69) is 11.0 Å². The van der Waals surface area contributed by atoms with E-state index in [4.69, 9.17) is 23.2 Å². The second-order valence-corrected chi connectivity index (χ2v) is 6.91. The lowest BCUT2D eigenvalue weighted by Gasteiger charge is -2.36. The highest BCUT2D eigenvalue weighted by atomic mass is 35.5. The van der Waals surface area contributed by atoms with Crippen LogP contribution < -0.4 is 4.90 Å². The Balaban J connectivity index is 1.96. The molecule has 5 heteroatoms. The Kier molecular flexibility index (Phi) is 3.60. The largest absolute Gasteiger partial charge is 0.314 e. The van der Waals surface area contributed by atoms with Crippen molar-refractivity contribution in [3.8, 4) is 0 Å². The van der Waals surface area contributed by atoms with Crippen LogP contribution in [0.5, 0.6) is 0 Å². The van der Waals surface area contributed by atoms with E-state index in [1.54, 1.807) is 4.90 Å². The fraction of sp³-hybridized carbons (Fsp3) is 0.278. The Morgan fingerprint density at radius 2 is 1.83 bits per heavy atom. The first-order chi connectivity index (χ1) is 11.1. The van der Waals surface area contributed by atoms with E-state index < -0.39 is 0 Å². The van der Waals surface area contributed by atoms with Crippen LogP contribution in [0.4, 0.5) is 5.69 Å². The molecule has 3 nitrogen and oxygen atoms in total. The van der Waals surface area contributed by atoms with E-state index in [9.17, 15) is 4.79 Å². The minimum Gasteiger partial charge on any atom is -0.314 e. The van der Waals surface area contributed by atoms with Gasteiger partial charge in [-0.2, -0.15) is 0 Å². The Morgan fingerprint density at radius 3 is 2.65 bits per heavy atom. The molecule has 1 amide bonds. The maximum absolute atomic E-state index is 12.5. The molecule has 2 aliphatic rings. The molecule has 0 spiro atoms. The van der Waals surface area contributed by atoms with Crippen LogP contribution in [0.15, 0.2) is 36.4 Å². The average molecular weight is 347 g/mol. The Morgan fingerprint density at radius 1 is 1.09 bits per heavy atom. The van der Waals surface area contributed by atoms with Crippen molar-refractivity contribution in [1.82, 2.24) is 4.90 Å². The second kappa shape index (κ2) is 5.52. The van der Waals surface area contributed by atoms with Gasteiger partial charge >= 0.3 is 0 Å². The number of amides is 1. The Bertz CT molecular complexity index is 806. The molecular formula is C18H16Cl2N2O. The highest BCUT2D eigenvalue weighted by molar-refractivity contribution is 6.42. The third-order valence-electron chi connectivity index (χ3n) is 4.82.